The molecule has 20 heavy (non-hydrogen) atoms. The lowest BCUT2D eigenvalue weighted by Gasteiger charge is -2.23. The van der Waals surface area contributed by atoms with Crippen LogP contribution >= 0.6 is 0 Å². The molecule has 2 heteroatoms. The molecule has 114 valence electrons. The maximum absolute atomic E-state index is 3.37. The highest BCUT2D eigenvalue weighted by atomic mass is 15.1. The van der Waals surface area contributed by atoms with E-state index in [1.165, 1.54) is 24.1 Å². The van der Waals surface area contributed by atoms with Gasteiger partial charge in [0.1, 0.15) is 0 Å². The highest BCUT2D eigenvalue weighted by Crippen LogP contribution is 2.11. The van der Waals surface area contributed by atoms with Crippen LogP contribution in [-0.4, -0.2) is 31.1 Å². The Balaban J connectivity index is 2.46. The Bertz CT molecular complexity index is 345. The van der Waals surface area contributed by atoms with Crippen molar-refractivity contribution in [1.29, 1.82) is 0 Å². The molecule has 1 unspecified atom stereocenters. The molecule has 1 N–H and O–H groups in total. The SMILES string of the molecule is CCNCCc1ccc(CN(CC)CC(C)CC)cc1. The molecule has 0 saturated carbocycles. The maximum Gasteiger partial charge on any atom is 0.0233 e. The third-order valence-electron chi connectivity index (χ3n) is 3.98. The Labute approximate surface area is 125 Å². The Morgan fingerprint density at radius 3 is 2.25 bits per heavy atom. The molecule has 0 aromatic heterocycles. The van der Waals surface area contributed by atoms with Crippen molar-refractivity contribution in [3.8, 4) is 0 Å². The van der Waals surface area contributed by atoms with E-state index in [9.17, 15) is 0 Å². The average Bonchev–Trinajstić information content (AvgIpc) is 2.48. The van der Waals surface area contributed by atoms with Crippen molar-refractivity contribution in [3.05, 3.63) is 35.4 Å². The van der Waals surface area contributed by atoms with Gasteiger partial charge in [0.2, 0.25) is 0 Å². The van der Waals surface area contributed by atoms with Gasteiger partial charge in [-0.25, -0.2) is 0 Å². The number of rotatable bonds is 10. The van der Waals surface area contributed by atoms with E-state index in [1.54, 1.807) is 0 Å². The molecule has 1 atom stereocenters. The van der Waals surface area contributed by atoms with Gasteiger partial charge in [-0.15, -0.1) is 0 Å². The largest absolute Gasteiger partial charge is 0.317 e. The Kier molecular flexibility index (Phi) is 8.56. The van der Waals surface area contributed by atoms with E-state index >= 15 is 0 Å². The molecule has 0 fully saturated rings. The number of hydrogen-bond acceptors (Lipinski definition) is 2. The summed E-state index contributed by atoms with van der Waals surface area (Å²) in [5.74, 6) is 0.786. The van der Waals surface area contributed by atoms with Crippen molar-refractivity contribution in [2.75, 3.05) is 26.2 Å². The van der Waals surface area contributed by atoms with E-state index in [0.29, 0.717) is 0 Å². The highest BCUT2D eigenvalue weighted by Gasteiger charge is 2.07. The van der Waals surface area contributed by atoms with Crippen LogP contribution in [0.2, 0.25) is 0 Å². The molecule has 0 bridgehead atoms. The number of likely N-dealkylation sites (N-methyl/N-ethyl adjacent to an activating group) is 1. The van der Waals surface area contributed by atoms with Crippen LogP contribution in [0.1, 0.15) is 45.2 Å². The van der Waals surface area contributed by atoms with E-state index < -0.39 is 0 Å². The first-order valence-corrected chi connectivity index (χ1v) is 8.20. The van der Waals surface area contributed by atoms with Crippen LogP contribution in [0.3, 0.4) is 0 Å². The summed E-state index contributed by atoms with van der Waals surface area (Å²) in [5, 5.41) is 3.37. The molecule has 1 aromatic rings. The summed E-state index contributed by atoms with van der Waals surface area (Å²) in [7, 11) is 0. The minimum absolute atomic E-state index is 0.786. The fraction of sp³-hybridized carbons (Fsp3) is 0.667. The van der Waals surface area contributed by atoms with Gasteiger partial charge in [0.15, 0.2) is 0 Å². The molecule has 0 heterocycles. The van der Waals surface area contributed by atoms with Crippen LogP contribution in [-0.2, 0) is 13.0 Å². The van der Waals surface area contributed by atoms with E-state index in [0.717, 1.165) is 38.5 Å². The predicted octanol–water partition coefficient (Wildman–Crippen LogP) is 3.71. The maximum atomic E-state index is 3.37. The third-order valence-corrected chi connectivity index (χ3v) is 3.98. The Morgan fingerprint density at radius 2 is 1.70 bits per heavy atom. The lowest BCUT2D eigenvalue weighted by molar-refractivity contribution is 0.238. The van der Waals surface area contributed by atoms with Crippen LogP contribution < -0.4 is 5.32 Å². The summed E-state index contributed by atoms with van der Waals surface area (Å²) < 4.78 is 0. The van der Waals surface area contributed by atoms with Gasteiger partial charge in [-0.3, -0.25) is 4.90 Å². The highest BCUT2D eigenvalue weighted by molar-refractivity contribution is 5.22. The normalized spacial score (nSPS) is 12.8. The quantitative estimate of drug-likeness (QED) is 0.655. The smallest absolute Gasteiger partial charge is 0.0233 e. The molecule has 0 amide bonds. The Morgan fingerprint density at radius 1 is 1.05 bits per heavy atom. The first kappa shape index (κ1) is 17.2. The standard InChI is InChI=1S/C18H32N2/c1-5-16(4)14-20(7-3)15-18-10-8-17(9-11-18)12-13-19-6-2/h8-11,16,19H,5-7,12-15H2,1-4H3. The number of hydrogen-bond donors (Lipinski definition) is 1. The van der Waals surface area contributed by atoms with Crippen LogP contribution in [0.15, 0.2) is 24.3 Å². The lowest BCUT2D eigenvalue weighted by Crippen LogP contribution is -2.27. The predicted molar refractivity (Wildman–Crippen MR) is 89.1 cm³/mol. The fourth-order valence-corrected chi connectivity index (χ4v) is 2.35. The summed E-state index contributed by atoms with van der Waals surface area (Å²) in [4.78, 5) is 2.54. The van der Waals surface area contributed by atoms with Crippen LogP contribution in [0.25, 0.3) is 0 Å². The first-order valence-electron chi connectivity index (χ1n) is 8.20. The number of nitrogens with one attached hydrogen (secondary N) is 1. The molecule has 0 saturated heterocycles. The van der Waals surface area contributed by atoms with Crippen molar-refractivity contribution in [1.82, 2.24) is 10.2 Å². The molecule has 0 radical (unpaired) electrons. The minimum atomic E-state index is 0.786. The summed E-state index contributed by atoms with van der Waals surface area (Å²) in [6.07, 6.45) is 2.39. The molecule has 1 rings (SSSR count). The topological polar surface area (TPSA) is 15.3 Å². The van der Waals surface area contributed by atoms with Gasteiger partial charge in [-0.2, -0.15) is 0 Å². The van der Waals surface area contributed by atoms with Crippen molar-refractivity contribution in [3.63, 3.8) is 0 Å². The minimum Gasteiger partial charge on any atom is -0.317 e. The molecule has 2 nitrogen and oxygen atoms in total. The van der Waals surface area contributed by atoms with Gasteiger partial charge < -0.3 is 5.32 Å². The van der Waals surface area contributed by atoms with E-state index in [1.807, 2.05) is 0 Å². The zero-order valence-corrected chi connectivity index (χ0v) is 13.8. The lowest BCUT2D eigenvalue weighted by atomic mass is 10.1. The van der Waals surface area contributed by atoms with Crippen LogP contribution in [0.5, 0.6) is 0 Å². The first-order chi connectivity index (χ1) is 9.69. The van der Waals surface area contributed by atoms with Crippen molar-refractivity contribution < 1.29 is 0 Å². The van der Waals surface area contributed by atoms with Crippen LogP contribution in [0, 0.1) is 5.92 Å². The number of benzene rings is 1. The van der Waals surface area contributed by atoms with Crippen molar-refractivity contribution >= 4 is 0 Å². The van der Waals surface area contributed by atoms with E-state index in [4.69, 9.17) is 0 Å². The zero-order valence-electron chi connectivity index (χ0n) is 13.8. The summed E-state index contributed by atoms with van der Waals surface area (Å²) in [5.41, 5.74) is 2.86. The van der Waals surface area contributed by atoms with Crippen molar-refractivity contribution in [2.45, 2.75) is 47.1 Å². The molecule has 0 aliphatic heterocycles. The summed E-state index contributed by atoms with van der Waals surface area (Å²) in [6.45, 7) is 14.6. The second kappa shape index (κ2) is 9.95. The molecule has 1 aromatic carbocycles. The molecule has 0 aliphatic carbocycles. The van der Waals surface area contributed by atoms with Gasteiger partial charge in [0, 0.05) is 13.1 Å². The zero-order chi connectivity index (χ0) is 14.8. The van der Waals surface area contributed by atoms with Gasteiger partial charge in [0.05, 0.1) is 0 Å². The van der Waals surface area contributed by atoms with Crippen LogP contribution in [0.4, 0.5) is 0 Å². The second-order valence-electron chi connectivity index (χ2n) is 5.76. The third kappa shape index (κ3) is 6.53. The molecule has 0 spiro atoms. The van der Waals surface area contributed by atoms with Gasteiger partial charge in [-0.1, -0.05) is 58.4 Å². The molecule has 0 aliphatic rings. The number of nitrogens with zero attached hydrogens (tertiary/aromatic N) is 1. The summed E-state index contributed by atoms with van der Waals surface area (Å²) in [6, 6.07) is 9.15. The fourth-order valence-electron chi connectivity index (χ4n) is 2.35. The van der Waals surface area contributed by atoms with Gasteiger partial charge >= 0.3 is 0 Å². The molecular weight excluding hydrogens is 244 g/mol. The Hall–Kier alpha value is -0.860. The molecular formula is C18H32N2. The monoisotopic (exact) mass is 276 g/mol. The average molecular weight is 276 g/mol. The summed E-state index contributed by atoms with van der Waals surface area (Å²) >= 11 is 0. The van der Waals surface area contributed by atoms with Crippen molar-refractivity contribution in [2.24, 2.45) is 5.92 Å². The van der Waals surface area contributed by atoms with E-state index in [-0.39, 0.29) is 0 Å². The van der Waals surface area contributed by atoms with E-state index in [2.05, 4.69) is 62.2 Å². The van der Waals surface area contributed by atoms with Gasteiger partial charge in [-0.05, 0) is 43.1 Å². The second-order valence-corrected chi connectivity index (χ2v) is 5.76. The van der Waals surface area contributed by atoms with Gasteiger partial charge in [0.25, 0.3) is 0 Å².